The number of thiophene rings is 2. The Morgan fingerprint density at radius 1 is 1.09 bits per heavy atom. The normalized spacial score (nSPS) is 15.9. The first-order valence-corrected chi connectivity index (χ1v) is 12.7. The minimum Gasteiger partial charge on any atom is -0.309 e. The number of nitrogens with one attached hydrogen (secondary N) is 1. The van der Waals surface area contributed by atoms with Gasteiger partial charge in [0.25, 0.3) is 5.56 Å². The van der Waals surface area contributed by atoms with Crippen LogP contribution in [0.25, 0.3) is 21.0 Å². The van der Waals surface area contributed by atoms with E-state index in [1.54, 1.807) is 33.6 Å². The molecule has 160 valence electrons. The van der Waals surface area contributed by atoms with E-state index in [1.165, 1.54) is 26.1 Å². The van der Waals surface area contributed by atoms with Crippen LogP contribution in [0, 0.1) is 0 Å². The third-order valence-electron chi connectivity index (χ3n) is 6.35. The summed E-state index contributed by atoms with van der Waals surface area (Å²) in [4.78, 5) is 21.7. The maximum Gasteiger partial charge on any atom is 0.262 e. The molecule has 2 aromatic carbocycles. The van der Waals surface area contributed by atoms with Gasteiger partial charge in [-0.15, -0.1) is 22.7 Å². The fraction of sp³-hybridized carbons (Fsp3) is 0.231. The number of hydrogen-bond acceptors (Lipinski definition) is 5. The summed E-state index contributed by atoms with van der Waals surface area (Å²) in [5, 5.41) is 9.07. The van der Waals surface area contributed by atoms with Gasteiger partial charge >= 0.3 is 0 Å². The van der Waals surface area contributed by atoms with Gasteiger partial charge in [0.2, 0.25) is 0 Å². The summed E-state index contributed by atoms with van der Waals surface area (Å²) in [5.74, 6) is 0. The Kier molecular flexibility index (Phi) is 5.14. The summed E-state index contributed by atoms with van der Waals surface area (Å²) in [7, 11) is 0. The van der Waals surface area contributed by atoms with Crippen LogP contribution in [0.1, 0.15) is 27.3 Å². The fourth-order valence-corrected chi connectivity index (χ4v) is 6.59. The van der Waals surface area contributed by atoms with Crippen molar-refractivity contribution in [2.75, 3.05) is 0 Å². The zero-order valence-corrected chi connectivity index (χ0v) is 19.2. The summed E-state index contributed by atoms with van der Waals surface area (Å²) in [5.41, 5.74) is 2.43. The molecule has 0 bridgehead atoms. The molecule has 0 saturated heterocycles. The Hall–Kier alpha value is -2.80. The number of aromatic nitrogens is 2. The van der Waals surface area contributed by atoms with Gasteiger partial charge in [0.1, 0.15) is 4.83 Å². The molecule has 1 atom stereocenters. The van der Waals surface area contributed by atoms with Gasteiger partial charge in [-0.1, -0.05) is 42.5 Å². The molecule has 0 amide bonds. The highest BCUT2D eigenvalue weighted by Crippen LogP contribution is 2.34. The smallest absolute Gasteiger partial charge is 0.262 e. The van der Waals surface area contributed by atoms with E-state index >= 15 is 0 Å². The summed E-state index contributed by atoms with van der Waals surface area (Å²) in [6.45, 7) is 1.46. The minimum atomic E-state index is 0.0886. The van der Waals surface area contributed by atoms with E-state index in [1.807, 2.05) is 12.1 Å². The van der Waals surface area contributed by atoms with Crippen LogP contribution in [-0.4, -0.2) is 15.6 Å². The third-order valence-corrected chi connectivity index (χ3v) is 8.39. The molecule has 0 spiro atoms. The number of nitrogens with zero attached hydrogens (tertiary/aromatic N) is 2. The van der Waals surface area contributed by atoms with Crippen molar-refractivity contribution in [3.63, 3.8) is 0 Å². The zero-order valence-electron chi connectivity index (χ0n) is 17.6. The van der Waals surface area contributed by atoms with Gasteiger partial charge in [-0.3, -0.25) is 9.36 Å². The number of rotatable bonds is 5. The van der Waals surface area contributed by atoms with Crippen LogP contribution >= 0.6 is 22.7 Å². The largest absolute Gasteiger partial charge is 0.309 e. The minimum absolute atomic E-state index is 0.0886. The fourth-order valence-electron chi connectivity index (χ4n) is 4.68. The molecule has 32 heavy (non-hydrogen) atoms. The second-order valence-corrected chi connectivity index (χ2v) is 10.6. The quantitative estimate of drug-likeness (QED) is 0.386. The van der Waals surface area contributed by atoms with Crippen LogP contribution in [0.5, 0.6) is 0 Å². The van der Waals surface area contributed by atoms with E-state index in [2.05, 4.69) is 58.1 Å². The molecule has 3 heterocycles. The van der Waals surface area contributed by atoms with Crippen molar-refractivity contribution in [1.29, 1.82) is 0 Å². The van der Waals surface area contributed by atoms with Gasteiger partial charge in [0.05, 0.1) is 18.3 Å². The summed E-state index contributed by atoms with van der Waals surface area (Å²) in [6, 6.07) is 19.4. The molecule has 0 aliphatic heterocycles. The SMILES string of the molecule is O=c1c2c3c(sc2ncn1Cc1ccc2ccccc2c1)CC(NCc1cccs1)CC3. The molecule has 0 fully saturated rings. The van der Waals surface area contributed by atoms with Crippen molar-refractivity contribution >= 4 is 43.7 Å². The van der Waals surface area contributed by atoms with Crippen molar-refractivity contribution in [2.45, 2.75) is 38.4 Å². The van der Waals surface area contributed by atoms with Gasteiger partial charge in [0, 0.05) is 22.3 Å². The van der Waals surface area contributed by atoms with Crippen LogP contribution in [-0.2, 0) is 25.9 Å². The van der Waals surface area contributed by atoms with E-state index in [0.29, 0.717) is 12.6 Å². The van der Waals surface area contributed by atoms with Crippen molar-refractivity contribution in [1.82, 2.24) is 14.9 Å². The molecule has 0 radical (unpaired) electrons. The molecule has 6 rings (SSSR count). The monoisotopic (exact) mass is 457 g/mol. The van der Waals surface area contributed by atoms with Crippen molar-refractivity contribution in [3.05, 3.63) is 97.5 Å². The summed E-state index contributed by atoms with van der Waals surface area (Å²) >= 11 is 3.49. The Morgan fingerprint density at radius 2 is 2.00 bits per heavy atom. The van der Waals surface area contributed by atoms with E-state index in [9.17, 15) is 4.79 Å². The lowest BCUT2D eigenvalue weighted by molar-refractivity contribution is 0.464. The Labute approximate surface area is 194 Å². The van der Waals surface area contributed by atoms with Gasteiger partial charge in [-0.2, -0.15) is 0 Å². The highest BCUT2D eigenvalue weighted by molar-refractivity contribution is 7.18. The van der Waals surface area contributed by atoms with Crippen LogP contribution in [0.3, 0.4) is 0 Å². The van der Waals surface area contributed by atoms with Crippen LogP contribution in [0.4, 0.5) is 0 Å². The second kappa shape index (κ2) is 8.28. The molecule has 6 heteroatoms. The number of hydrogen-bond donors (Lipinski definition) is 1. The Balaban J connectivity index is 1.27. The molecular formula is C26H23N3OS2. The van der Waals surface area contributed by atoms with Crippen LogP contribution in [0.15, 0.2) is 71.1 Å². The second-order valence-electron chi connectivity index (χ2n) is 8.44. The summed E-state index contributed by atoms with van der Waals surface area (Å²) in [6.07, 6.45) is 4.69. The lowest BCUT2D eigenvalue weighted by Crippen LogP contribution is -2.33. The molecular weight excluding hydrogens is 434 g/mol. The molecule has 5 aromatic rings. The maximum absolute atomic E-state index is 13.4. The first-order valence-electron chi connectivity index (χ1n) is 11.0. The predicted molar refractivity (Wildman–Crippen MR) is 134 cm³/mol. The highest BCUT2D eigenvalue weighted by atomic mass is 32.1. The molecule has 1 N–H and O–H groups in total. The maximum atomic E-state index is 13.4. The number of aryl methyl sites for hydroxylation is 1. The molecule has 0 saturated carbocycles. The van der Waals surface area contributed by atoms with Crippen LogP contribution in [0.2, 0.25) is 0 Å². The molecule has 1 aliphatic carbocycles. The van der Waals surface area contributed by atoms with Gasteiger partial charge < -0.3 is 5.32 Å². The topological polar surface area (TPSA) is 46.9 Å². The first-order chi connectivity index (χ1) is 15.7. The molecule has 4 nitrogen and oxygen atoms in total. The molecule has 1 unspecified atom stereocenters. The van der Waals surface area contributed by atoms with E-state index in [0.717, 1.165) is 41.6 Å². The summed E-state index contributed by atoms with van der Waals surface area (Å²) < 4.78 is 1.76. The van der Waals surface area contributed by atoms with E-state index < -0.39 is 0 Å². The number of benzene rings is 2. The number of fused-ring (bicyclic) bond motifs is 4. The predicted octanol–water partition coefficient (Wildman–Crippen LogP) is 5.37. The highest BCUT2D eigenvalue weighted by Gasteiger charge is 2.25. The molecule has 1 aliphatic rings. The van der Waals surface area contributed by atoms with Crippen molar-refractivity contribution < 1.29 is 0 Å². The average molecular weight is 458 g/mol. The third kappa shape index (κ3) is 3.68. The lowest BCUT2D eigenvalue weighted by Gasteiger charge is -2.23. The van der Waals surface area contributed by atoms with Gasteiger partial charge in [-0.05, 0) is 58.7 Å². The van der Waals surface area contributed by atoms with Gasteiger partial charge in [-0.25, -0.2) is 4.98 Å². The molecule has 3 aromatic heterocycles. The van der Waals surface area contributed by atoms with Crippen LogP contribution < -0.4 is 10.9 Å². The van der Waals surface area contributed by atoms with E-state index in [4.69, 9.17) is 0 Å². The van der Waals surface area contributed by atoms with E-state index in [-0.39, 0.29) is 5.56 Å². The Bertz CT molecular complexity index is 1470. The van der Waals surface area contributed by atoms with Crippen molar-refractivity contribution in [2.24, 2.45) is 0 Å². The Morgan fingerprint density at radius 3 is 2.88 bits per heavy atom. The average Bonchev–Trinajstić information content (AvgIpc) is 3.47. The standard InChI is InChI=1S/C26H23N3OS2/c30-26-24-22-10-9-20(27-14-21-6-3-11-31-21)13-23(22)32-25(24)28-16-29(26)15-17-7-8-18-4-1-2-5-19(18)12-17/h1-8,11-12,16,20,27H,9-10,13-15H2. The van der Waals surface area contributed by atoms with Crippen molar-refractivity contribution in [3.8, 4) is 0 Å². The van der Waals surface area contributed by atoms with Gasteiger partial charge in [0.15, 0.2) is 0 Å². The zero-order chi connectivity index (χ0) is 21.5. The lowest BCUT2D eigenvalue weighted by atomic mass is 9.93. The first kappa shape index (κ1) is 19.9.